The van der Waals surface area contributed by atoms with Gasteiger partial charge in [-0.15, -0.1) is 15.3 Å². The van der Waals surface area contributed by atoms with Crippen LogP contribution in [0.25, 0.3) is 10.4 Å². The van der Waals surface area contributed by atoms with Gasteiger partial charge in [-0.1, -0.05) is 20.8 Å². The van der Waals surface area contributed by atoms with E-state index in [-0.39, 0.29) is 11.8 Å². The Bertz CT molecular complexity index is 2200. The topological polar surface area (TPSA) is 372 Å². The van der Waals surface area contributed by atoms with E-state index in [1.807, 2.05) is 39.4 Å². The van der Waals surface area contributed by atoms with Crippen molar-refractivity contribution in [2.75, 3.05) is 298 Å². The molecule has 36 heteroatoms. The highest BCUT2D eigenvalue weighted by Gasteiger charge is 2.09. The first kappa shape index (κ1) is 88.0. The Morgan fingerprint density at radius 1 is 0.351 bits per heavy atom. The Balaban J connectivity index is 0.000000662. The van der Waals surface area contributed by atoms with Gasteiger partial charge in [-0.3, -0.25) is 19.4 Å². The molecular weight excluding hydrogens is 1280 g/mol. The maximum Gasteiger partial charge on any atom is 0.222 e. The minimum atomic E-state index is -0.0449. The summed E-state index contributed by atoms with van der Waals surface area (Å²) < 4.78 is 106. The summed E-state index contributed by atoms with van der Waals surface area (Å²) in [4.78, 5) is 29.5. The molecule has 3 rings (SSSR count). The van der Waals surface area contributed by atoms with Crippen LogP contribution < -0.4 is 10.6 Å². The third-order valence-corrected chi connectivity index (χ3v) is 13.0. The third-order valence-electron chi connectivity index (χ3n) is 13.0. The molecule has 0 aromatic carbocycles. The van der Waals surface area contributed by atoms with E-state index in [2.05, 4.69) is 61.4 Å². The molecule has 3 heterocycles. The predicted molar refractivity (Wildman–Crippen MR) is 353 cm³/mol. The minimum Gasteiger partial charge on any atom is -0.379 e. The van der Waals surface area contributed by atoms with E-state index in [4.69, 9.17) is 90.8 Å². The van der Waals surface area contributed by atoms with Crippen LogP contribution in [-0.2, 0) is 114 Å². The fourth-order valence-corrected chi connectivity index (χ4v) is 7.80. The van der Waals surface area contributed by atoms with Crippen molar-refractivity contribution < 1.29 is 94.9 Å². The molecule has 0 fully saturated rings. The summed E-state index contributed by atoms with van der Waals surface area (Å²) >= 11 is 0. The summed E-state index contributed by atoms with van der Waals surface area (Å²) in [5, 5.41) is 32.3. The zero-order chi connectivity index (χ0) is 69.6. The van der Waals surface area contributed by atoms with Gasteiger partial charge in [0.1, 0.15) is 0 Å². The Labute approximate surface area is 572 Å². The number of nitrogens with zero attached hydrogens (tertiary/aromatic N) is 14. The lowest BCUT2D eigenvalue weighted by atomic mass is 10.4. The number of amides is 2. The van der Waals surface area contributed by atoms with Gasteiger partial charge in [0.2, 0.25) is 11.8 Å². The number of hydrogen-bond acceptors (Lipinski definition) is 29. The van der Waals surface area contributed by atoms with Crippen LogP contribution in [0.3, 0.4) is 0 Å². The summed E-state index contributed by atoms with van der Waals surface area (Å²) in [6, 6.07) is 0. The van der Waals surface area contributed by atoms with E-state index < -0.39 is 0 Å². The van der Waals surface area contributed by atoms with E-state index in [1.54, 1.807) is 28.1 Å². The number of azide groups is 1. The van der Waals surface area contributed by atoms with Crippen LogP contribution in [0.15, 0.2) is 23.7 Å². The number of rotatable bonds is 72. The smallest absolute Gasteiger partial charge is 0.222 e. The molecule has 2 amide bonds. The molecule has 3 aromatic rings. The first-order valence-corrected chi connectivity index (χ1v) is 33.6. The molecule has 2 N–H and O–H groups in total. The molecule has 560 valence electrons. The number of aromatic nitrogens is 9. The Kier molecular flexibility index (Phi) is 61.7. The van der Waals surface area contributed by atoms with Gasteiger partial charge in [0.05, 0.1) is 275 Å². The van der Waals surface area contributed by atoms with Crippen LogP contribution in [0.5, 0.6) is 0 Å². The largest absolute Gasteiger partial charge is 0.379 e. The zero-order valence-electron chi connectivity index (χ0n) is 58.6. The first-order valence-electron chi connectivity index (χ1n) is 33.6. The SMILES string of the molecule is CNC(=O)CCOCCOCCOCCN(CCOCCOCCOCCN=[N+]=[N-])CCOCCOCCOCCn1cc(C)nn1.CNC(=O)CCOCCOCCOCCN(CCOCCOCCOCCn1cc(C)nn1)CCOCCOCCOCCn1cc(C)nn1. The highest BCUT2D eigenvalue weighted by atomic mass is 16.6. The molecule has 0 radical (unpaired) electrons. The predicted octanol–water partition coefficient (Wildman–Crippen LogP) is 0.258. The van der Waals surface area contributed by atoms with Crippen LogP contribution >= 0.6 is 0 Å². The molecule has 0 saturated carbocycles. The maximum absolute atomic E-state index is 11.2. The molecule has 0 aliphatic carbocycles. The molecular formula is C61H116N16O20. The monoisotopic (exact) mass is 1390 g/mol. The Hall–Kier alpha value is -5.13. The molecule has 97 heavy (non-hydrogen) atoms. The van der Waals surface area contributed by atoms with Crippen LogP contribution in [0.1, 0.15) is 29.9 Å². The molecule has 0 atom stereocenters. The molecule has 36 nitrogen and oxygen atoms in total. The van der Waals surface area contributed by atoms with Crippen LogP contribution in [0.2, 0.25) is 0 Å². The lowest BCUT2D eigenvalue weighted by Crippen LogP contribution is -2.34. The van der Waals surface area contributed by atoms with Crippen LogP contribution in [0.4, 0.5) is 0 Å². The molecule has 0 saturated heterocycles. The fourth-order valence-electron chi connectivity index (χ4n) is 7.80. The fraction of sp³-hybridized carbons (Fsp3) is 0.869. The summed E-state index contributed by atoms with van der Waals surface area (Å²) in [5.41, 5.74) is 10.9. The number of carbonyl (C=O) groups is 2. The quantitative estimate of drug-likeness (QED) is 0.0331. The second-order valence-electron chi connectivity index (χ2n) is 20.9. The van der Waals surface area contributed by atoms with Gasteiger partial charge in [0, 0.05) is 96.3 Å². The molecule has 0 aliphatic rings. The highest BCUT2D eigenvalue weighted by Crippen LogP contribution is 1.98. The van der Waals surface area contributed by atoms with Gasteiger partial charge in [-0.05, 0) is 26.3 Å². The Morgan fingerprint density at radius 3 is 0.763 bits per heavy atom. The zero-order valence-corrected chi connectivity index (χ0v) is 58.6. The average molecular weight is 1390 g/mol. The van der Waals surface area contributed by atoms with Crippen molar-refractivity contribution in [1.82, 2.24) is 65.4 Å². The van der Waals surface area contributed by atoms with Gasteiger partial charge in [-0.25, -0.2) is 14.0 Å². The molecule has 3 aromatic heterocycles. The van der Waals surface area contributed by atoms with Crippen molar-refractivity contribution in [3.63, 3.8) is 0 Å². The second kappa shape index (κ2) is 68.0. The maximum atomic E-state index is 11.2. The van der Waals surface area contributed by atoms with Gasteiger partial charge in [-0.2, -0.15) is 0 Å². The number of nitrogens with one attached hydrogen (secondary N) is 2. The van der Waals surface area contributed by atoms with E-state index in [0.29, 0.717) is 277 Å². The van der Waals surface area contributed by atoms with Crippen molar-refractivity contribution in [3.05, 3.63) is 46.1 Å². The van der Waals surface area contributed by atoms with Gasteiger partial charge < -0.3 is 95.9 Å². The van der Waals surface area contributed by atoms with Crippen LogP contribution in [0, 0.1) is 20.8 Å². The van der Waals surface area contributed by atoms with Crippen molar-refractivity contribution in [2.45, 2.75) is 53.2 Å². The lowest BCUT2D eigenvalue weighted by Gasteiger charge is -2.22. The summed E-state index contributed by atoms with van der Waals surface area (Å²) in [5.74, 6) is -0.0849. The lowest BCUT2D eigenvalue weighted by molar-refractivity contribution is -0.122. The van der Waals surface area contributed by atoms with Gasteiger partial charge >= 0.3 is 0 Å². The second-order valence-corrected chi connectivity index (χ2v) is 20.9. The molecule has 0 unspecified atom stereocenters. The number of hydrogen-bond donors (Lipinski definition) is 2. The summed E-state index contributed by atoms with van der Waals surface area (Å²) in [6.07, 6.45) is 6.33. The van der Waals surface area contributed by atoms with E-state index in [9.17, 15) is 9.59 Å². The standard InChI is InChI=1S/C32H60N8O10.C29H56N8O10/c1-30-28-39(36-34-30)8-14-46-20-26-49-24-18-44-12-6-38(5-11-43-17-23-48-22-16-42-10-4-32(41)33-3)7-13-45-19-25-50-27-21-47-15-9-40-29-31(2)35-37-40;1-28-27-37(35-33-28)8-14-44-20-26-47-25-19-43-13-7-36(6-12-42-18-24-46-22-16-40-10-4-32-34-30)5-11-41-17-23-45-21-15-39-9-3-29(38)31-2/h28-29H,4-27H2,1-3H3,(H,33,41);27H,3-26H2,1-2H3,(H,31,38). The molecule has 0 bridgehead atoms. The van der Waals surface area contributed by atoms with Crippen molar-refractivity contribution in [3.8, 4) is 0 Å². The average Bonchev–Trinajstić information content (AvgIpc) is 2.38. The van der Waals surface area contributed by atoms with Crippen molar-refractivity contribution in [2.24, 2.45) is 5.11 Å². The minimum absolute atomic E-state index is 0.0401. The van der Waals surface area contributed by atoms with E-state index in [1.165, 1.54) is 0 Å². The molecule has 0 aliphatic heterocycles. The third kappa shape index (κ3) is 59.5. The Morgan fingerprint density at radius 2 is 0.557 bits per heavy atom. The van der Waals surface area contributed by atoms with E-state index >= 15 is 0 Å². The normalized spacial score (nSPS) is 11.5. The van der Waals surface area contributed by atoms with Crippen molar-refractivity contribution >= 4 is 11.8 Å². The van der Waals surface area contributed by atoms with Crippen LogP contribution in [-0.4, -0.2) is 364 Å². The number of ether oxygens (including phenoxy) is 18. The summed E-state index contributed by atoms with van der Waals surface area (Å²) in [6.45, 7) is 30.2. The summed E-state index contributed by atoms with van der Waals surface area (Å²) in [7, 11) is 3.21. The van der Waals surface area contributed by atoms with Gasteiger partial charge in [0.15, 0.2) is 0 Å². The first-order chi connectivity index (χ1) is 47.7. The number of aryl methyl sites for hydroxylation is 3. The highest BCUT2D eigenvalue weighted by molar-refractivity contribution is 5.75. The van der Waals surface area contributed by atoms with E-state index in [0.717, 1.165) is 56.4 Å². The number of carbonyl (C=O) groups excluding carboxylic acids is 2. The van der Waals surface area contributed by atoms with Crippen molar-refractivity contribution in [1.29, 1.82) is 0 Å². The molecule has 0 spiro atoms. The van der Waals surface area contributed by atoms with Gasteiger partial charge in [0.25, 0.3) is 0 Å².